The maximum Gasteiger partial charge on any atom is 0.321 e. The largest absolute Gasteiger partial charge is 0.495 e. The fourth-order valence-corrected chi connectivity index (χ4v) is 3.89. The van der Waals surface area contributed by atoms with E-state index in [-0.39, 0.29) is 11.9 Å². The summed E-state index contributed by atoms with van der Waals surface area (Å²) in [5.74, 6) is 0.890. The zero-order valence-corrected chi connectivity index (χ0v) is 17.5. The Morgan fingerprint density at radius 3 is 2.69 bits per heavy atom. The van der Waals surface area contributed by atoms with E-state index in [1.165, 1.54) is 11.8 Å². The molecule has 0 radical (unpaired) electrons. The lowest BCUT2D eigenvalue weighted by Gasteiger charge is -2.32. The third kappa shape index (κ3) is 5.41. The number of rotatable bonds is 6. The smallest absolute Gasteiger partial charge is 0.321 e. The number of nitrogens with one attached hydrogen (secondary N) is 2. The number of pyridine rings is 1. The molecule has 1 aliphatic rings. The molecule has 8 heteroatoms. The van der Waals surface area contributed by atoms with E-state index in [4.69, 9.17) is 4.74 Å². The van der Waals surface area contributed by atoms with E-state index in [1.54, 1.807) is 30.3 Å². The Hall–Kier alpha value is -2.74. The first-order valence-electron chi connectivity index (χ1n) is 9.58. The number of para-hydroxylation sites is 2. The highest BCUT2D eigenvalue weighted by atomic mass is 32.2. The lowest BCUT2D eigenvalue weighted by atomic mass is 9.97. The van der Waals surface area contributed by atoms with E-state index in [0.29, 0.717) is 42.6 Å². The minimum absolute atomic E-state index is 0.0983. The van der Waals surface area contributed by atoms with Gasteiger partial charge in [0.15, 0.2) is 0 Å². The Morgan fingerprint density at radius 1 is 1.21 bits per heavy atom. The molecular formula is C21H26N4O3S. The predicted octanol–water partition coefficient (Wildman–Crippen LogP) is 3.49. The van der Waals surface area contributed by atoms with Crippen LogP contribution in [0.5, 0.6) is 5.75 Å². The molecule has 3 rings (SSSR count). The average Bonchev–Trinajstić information content (AvgIpc) is 2.78. The van der Waals surface area contributed by atoms with Crippen LogP contribution in [0.4, 0.5) is 10.5 Å². The second-order valence-electron chi connectivity index (χ2n) is 6.83. The summed E-state index contributed by atoms with van der Waals surface area (Å²) in [4.78, 5) is 31.0. The fourth-order valence-electron chi connectivity index (χ4n) is 3.34. The molecule has 29 heavy (non-hydrogen) atoms. The van der Waals surface area contributed by atoms with Crippen molar-refractivity contribution in [2.45, 2.75) is 17.9 Å². The average molecular weight is 415 g/mol. The number of hydrogen-bond donors (Lipinski definition) is 2. The molecule has 154 valence electrons. The van der Waals surface area contributed by atoms with Crippen molar-refractivity contribution in [1.82, 2.24) is 15.2 Å². The fraction of sp³-hybridized carbons (Fsp3) is 0.381. The lowest BCUT2D eigenvalue weighted by molar-refractivity contribution is 0.0935. The minimum atomic E-state index is -0.128. The molecule has 0 bridgehead atoms. The molecule has 1 aromatic heterocycles. The zero-order chi connectivity index (χ0) is 20.6. The van der Waals surface area contributed by atoms with Crippen molar-refractivity contribution >= 4 is 29.4 Å². The first kappa shape index (κ1) is 21.0. The van der Waals surface area contributed by atoms with E-state index in [0.717, 1.165) is 17.9 Å². The van der Waals surface area contributed by atoms with Crippen molar-refractivity contribution in [1.29, 1.82) is 0 Å². The van der Waals surface area contributed by atoms with Crippen LogP contribution in [0.15, 0.2) is 47.6 Å². The van der Waals surface area contributed by atoms with Crippen LogP contribution in [0, 0.1) is 5.92 Å². The Labute approximate surface area is 175 Å². The second-order valence-corrected chi connectivity index (χ2v) is 7.63. The molecule has 0 unspecified atom stereocenters. The second kappa shape index (κ2) is 10.2. The highest BCUT2D eigenvalue weighted by molar-refractivity contribution is 7.98. The Balaban J connectivity index is 1.46. The van der Waals surface area contributed by atoms with Gasteiger partial charge in [-0.25, -0.2) is 9.78 Å². The third-order valence-corrected chi connectivity index (χ3v) is 5.72. The minimum Gasteiger partial charge on any atom is -0.495 e. The van der Waals surface area contributed by atoms with E-state index in [9.17, 15) is 9.59 Å². The first-order chi connectivity index (χ1) is 14.1. The van der Waals surface area contributed by atoms with Gasteiger partial charge in [-0.2, -0.15) is 0 Å². The molecule has 0 saturated carbocycles. The number of thioether (sulfide) groups is 1. The number of piperidine rings is 1. The van der Waals surface area contributed by atoms with Crippen LogP contribution in [0.3, 0.4) is 0 Å². The summed E-state index contributed by atoms with van der Waals surface area (Å²) in [5, 5.41) is 6.66. The normalized spacial score (nSPS) is 14.3. The van der Waals surface area contributed by atoms with Gasteiger partial charge in [-0.1, -0.05) is 12.1 Å². The highest BCUT2D eigenvalue weighted by Crippen LogP contribution is 2.24. The maximum absolute atomic E-state index is 12.5. The summed E-state index contributed by atoms with van der Waals surface area (Å²) >= 11 is 1.46. The van der Waals surface area contributed by atoms with Gasteiger partial charge in [0.1, 0.15) is 10.8 Å². The summed E-state index contributed by atoms with van der Waals surface area (Å²) in [6.07, 6.45) is 5.30. The van der Waals surface area contributed by atoms with Crippen molar-refractivity contribution in [3.63, 3.8) is 0 Å². The summed E-state index contributed by atoms with van der Waals surface area (Å²) in [6.45, 7) is 1.92. The lowest BCUT2D eigenvalue weighted by Crippen LogP contribution is -2.43. The molecule has 1 fully saturated rings. The van der Waals surface area contributed by atoms with Gasteiger partial charge in [0.05, 0.1) is 18.4 Å². The summed E-state index contributed by atoms with van der Waals surface area (Å²) in [7, 11) is 1.58. The number of methoxy groups -OCH3 is 1. The molecular weight excluding hydrogens is 388 g/mol. The van der Waals surface area contributed by atoms with E-state index in [1.807, 2.05) is 30.5 Å². The summed E-state index contributed by atoms with van der Waals surface area (Å²) in [5.41, 5.74) is 1.27. The number of likely N-dealkylation sites (tertiary alicyclic amines) is 1. The molecule has 1 aromatic carbocycles. The van der Waals surface area contributed by atoms with E-state index in [2.05, 4.69) is 15.6 Å². The summed E-state index contributed by atoms with van der Waals surface area (Å²) in [6, 6.07) is 10.8. The number of carbonyl (C=O) groups excluding carboxylic acids is 2. The molecule has 1 aliphatic heterocycles. The number of urea groups is 1. The molecule has 2 heterocycles. The van der Waals surface area contributed by atoms with Crippen molar-refractivity contribution in [3.8, 4) is 5.75 Å². The quantitative estimate of drug-likeness (QED) is 0.707. The topological polar surface area (TPSA) is 83.6 Å². The molecule has 1 saturated heterocycles. The maximum atomic E-state index is 12.5. The molecule has 0 spiro atoms. The van der Waals surface area contributed by atoms with Crippen LogP contribution >= 0.6 is 11.8 Å². The van der Waals surface area contributed by atoms with Crippen LogP contribution in [0.2, 0.25) is 0 Å². The number of benzene rings is 1. The third-order valence-electron chi connectivity index (χ3n) is 5.01. The number of aromatic nitrogens is 1. The molecule has 0 aliphatic carbocycles. The molecule has 2 aromatic rings. The van der Waals surface area contributed by atoms with Crippen LogP contribution < -0.4 is 15.4 Å². The molecule has 0 atom stereocenters. The van der Waals surface area contributed by atoms with Crippen LogP contribution in [-0.4, -0.2) is 54.8 Å². The molecule has 7 nitrogen and oxygen atoms in total. The van der Waals surface area contributed by atoms with Crippen LogP contribution in [0.1, 0.15) is 23.2 Å². The van der Waals surface area contributed by atoms with Gasteiger partial charge in [0, 0.05) is 25.8 Å². The first-order valence-corrected chi connectivity index (χ1v) is 10.8. The number of amides is 3. The van der Waals surface area contributed by atoms with Crippen LogP contribution in [-0.2, 0) is 0 Å². The molecule has 3 amide bonds. The number of hydrogen-bond acceptors (Lipinski definition) is 5. The number of carbonyl (C=O) groups is 2. The highest BCUT2D eigenvalue weighted by Gasteiger charge is 2.24. The van der Waals surface area contributed by atoms with Gasteiger partial charge in [-0.05, 0) is 49.3 Å². The van der Waals surface area contributed by atoms with Gasteiger partial charge in [0.25, 0.3) is 5.91 Å². The van der Waals surface area contributed by atoms with Gasteiger partial charge in [-0.15, -0.1) is 11.8 Å². The monoisotopic (exact) mass is 414 g/mol. The van der Waals surface area contributed by atoms with Gasteiger partial charge >= 0.3 is 6.03 Å². The van der Waals surface area contributed by atoms with E-state index < -0.39 is 0 Å². The number of ether oxygens (including phenoxy) is 1. The Bertz CT molecular complexity index is 853. The number of anilines is 1. The van der Waals surface area contributed by atoms with Crippen LogP contribution in [0.25, 0.3) is 0 Å². The summed E-state index contributed by atoms with van der Waals surface area (Å²) < 4.78 is 5.28. The van der Waals surface area contributed by atoms with Gasteiger partial charge in [0.2, 0.25) is 0 Å². The van der Waals surface area contributed by atoms with Gasteiger partial charge < -0.3 is 20.3 Å². The van der Waals surface area contributed by atoms with Crippen molar-refractivity contribution < 1.29 is 14.3 Å². The van der Waals surface area contributed by atoms with Crippen molar-refractivity contribution in [3.05, 3.63) is 48.2 Å². The molecule has 2 N–H and O–H groups in total. The van der Waals surface area contributed by atoms with E-state index >= 15 is 0 Å². The predicted molar refractivity (Wildman–Crippen MR) is 115 cm³/mol. The van der Waals surface area contributed by atoms with Crippen molar-refractivity contribution in [2.24, 2.45) is 5.92 Å². The Kier molecular flexibility index (Phi) is 7.35. The van der Waals surface area contributed by atoms with Gasteiger partial charge in [-0.3, -0.25) is 4.79 Å². The van der Waals surface area contributed by atoms with Crippen molar-refractivity contribution in [2.75, 3.05) is 38.3 Å². The number of nitrogens with zero attached hydrogens (tertiary/aromatic N) is 2. The zero-order valence-electron chi connectivity index (χ0n) is 16.7. The Morgan fingerprint density at radius 2 is 1.97 bits per heavy atom. The SMILES string of the molecule is COc1ccccc1NC(=O)N1CCC(CNC(=O)c2cccnc2SC)CC1. The standard InChI is InChI=1S/C21H26N4O3S/c1-28-18-8-4-3-7-17(18)24-21(27)25-12-9-15(10-13-25)14-23-19(26)16-6-5-11-22-20(16)29-2/h3-8,11,15H,9-10,12-14H2,1-2H3,(H,23,26)(H,24,27).